The second-order valence-electron chi connectivity index (χ2n) is 7.09. The number of hydrogen-bond donors (Lipinski definition) is 0. The molecule has 7 heteroatoms. The van der Waals surface area contributed by atoms with E-state index in [1.54, 1.807) is 19.1 Å². The van der Waals surface area contributed by atoms with Crippen molar-refractivity contribution in [3.05, 3.63) is 58.9 Å². The lowest BCUT2D eigenvalue weighted by Crippen LogP contribution is -2.31. The van der Waals surface area contributed by atoms with Gasteiger partial charge in [-0.05, 0) is 43.2 Å². The average molecular weight is 410 g/mol. The second-order valence-corrected chi connectivity index (χ2v) is 7.09. The Hall–Kier alpha value is -2.25. The van der Waals surface area contributed by atoms with Crippen LogP contribution in [0.3, 0.4) is 0 Å². The Morgan fingerprint density at radius 3 is 2.38 bits per heavy atom. The van der Waals surface area contributed by atoms with Crippen LogP contribution in [0.1, 0.15) is 37.2 Å². The molecule has 0 aliphatic carbocycles. The Morgan fingerprint density at radius 1 is 0.966 bits per heavy atom. The van der Waals surface area contributed by atoms with Crippen LogP contribution >= 0.6 is 0 Å². The largest absolute Gasteiger partial charge is 0.490 e. The van der Waals surface area contributed by atoms with Gasteiger partial charge in [0, 0.05) is 11.5 Å². The highest BCUT2D eigenvalue weighted by molar-refractivity contribution is 5.32. The topological polar surface area (TPSA) is 36.9 Å². The molecule has 29 heavy (non-hydrogen) atoms. The van der Waals surface area contributed by atoms with Gasteiger partial charge >= 0.3 is 0 Å². The summed E-state index contributed by atoms with van der Waals surface area (Å²) in [5.74, 6) is -2.64. The van der Waals surface area contributed by atoms with Gasteiger partial charge in [-0.3, -0.25) is 0 Å². The predicted molar refractivity (Wildman–Crippen MR) is 102 cm³/mol. The zero-order valence-corrected chi connectivity index (χ0v) is 16.6. The Morgan fingerprint density at radius 2 is 1.69 bits per heavy atom. The monoisotopic (exact) mass is 410 g/mol. The van der Waals surface area contributed by atoms with Gasteiger partial charge in [-0.2, -0.15) is 4.39 Å². The van der Waals surface area contributed by atoms with Crippen molar-refractivity contribution in [2.24, 2.45) is 5.92 Å². The number of halogens is 3. The SMILES string of the molecule is CCCCOc1ccc(C2OCC(COc3ccc(C)cc3F)CO2)c(F)c1F. The summed E-state index contributed by atoms with van der Waals surface area (Å²) in [5, 5.41) is 0. The van der Waals surface area contributed by atoms with E-state index in [2.05, 4.69) is 0 Å². The molecular formula is C22H25F3O4. The van der Waals surface area contributed by atoms with E-state index in [0.29, 0.717) is 6.61 Å². The van der Waals surface area contributed by atoms with Gasteiger partial charge in [-0.25, -0.2) is 8.78 Å². The van der Waals surface area contributed by atoms with Crippen LogP contribution in [0, 0.1) is 30.3 Å². The van der Waals surface area contributed by atoms with E-state index in [4.69, 9.17) is 18.9 Å². The Labute approximate surface area is 168 Å². The number of aryl methyl sites for hydroxylation is 1. The maximum atomic E-state index is 14.4. The van der Waals surface area contributed by atoms with Crippen LogP contribution in [-0.2, 0) is 9.47 Å². The first-order valence-electron chi connectivity index (χ1n) is 9.72. The predicted octanol–water partition coefficient (Wildman–Crippen LogP) is 5.33. The molecule has 1 aliphatic heterocycles. The molecule has 0 spiro atoms. The minimum atomic E-state index is -1.05. The first-order valence-corrected chi connectivity index (χ1v) is 9.72. The summed E-state index contributed by atoms with van der Waals surface area (Å²) < 4.78 is 64.3. The molecular weight excluding hydrogens is 385 g/mol. The number of rotatable bonds is 8. The van der Waals surface area contributed by atoms with Crippen LogP contribution in [0.25, 0.3) is 0 Å². The number of benzene rings is 2. The lowest BCUT2D eigenvalue weighted by atomic mass is 10.1. The summed E-state index contributed by atoms with van der Waals surface area (Å²) >= 11 is 0. The van der Waals surface area contributed by atoms with Crippen LogP contribution < -0.4 is 9.47 Å². The number of unbranched alkanes of at least 4 members (excludes halogenated alkanes) is 1. The average Bonchev–Trinajstić information content (AvgIpc) is 2.71. The van der Waals surface area contributed by atoms with Crippen molar-refractivity contribution in [2.45, 2.75) is 33.0 Å². The fourth-order valence-corrected chi connectivity index (χ4v) is 2.92. The lowest BCUT2D eigenvalue weighted by molar-refractivity contribution is -0.210. The van der Waals surface area contributed by atoms with Gasteiger partial charge < -0.3 is 18.9 Å². The van der Waals surface area contributed by atoms with Crippen LogP contribution in [0.2, 0.25) is 0 Å². The number of ether oxygens (including phenoxy) is 4. The molecule has 0 unspecified atom stereocenters. The Kier molecular flexibility index (Phi) is 7.39. The molecule has 0 aromatic heterocycles. The fourth-order valence-electron chi connectivity index (χ4n) is 2.92. The van der Waals surface area contributed by atoms with Crippen LogP contribution in [0.4, 0.5) is 13.2 Å². The normalized spacial score (nSPS) is 19.2. The molecule has 0 saturated carbocycles. The van der Waals surface area contributed by atoms with E-state index in [0.717, 1.165) is 18.4 Å². The van der Waals surface area contributed by atoms with Gasteiger partial charge in [-0.15, -0.1) is 0 Å². The molecule has 4 nitrogen and oxygen atoms in total. The van der Waals surface area contributed by atoms with Crippen LogP contribution in [-0.4, -0.2) is 26.4 Å². The van der Waals surface area contributed by atoms with Gasteiger partial charge in [-0.1, -0.05) is 19.4 Å². The van der Waals surface area contributed by atoms with Crippen molar-refractivity contribution < 1.29 is 32.1 Å². The molecule has 1 heterocycles. The lowest BCUT2D eigenvalue weighted by Gasteiger charge is -2.30. The van der Waals surface area contributed by atoms with Gasteiger partial charge in [0.15, 0.2) is 29.4 Å². The molecule has 0 N–H and O–H groups in total. The van der Waals surface area contributed by atoms with Crippen molar-refractivity contribution in [1.29, 1.82) is 0 Å². The quantitative estimate of drug-likeness (QED) is 0.551. The molecule has 2 aromatic carbocycles. The highest BCUT2D eigenvalue weighted by atomic mass is 19.2. The van der Waals surface area contributed by atoms with E-state index in [1.165, 1.54) is 18.2 Å². The minimum Gasteiger partial charge on any atom is -0.490 e. The maximum absolute atomic E-state index is 14.4. The van der Waals surface area contributed by atoms with Crippen LogP contribution in [0.5, 0.6) is 11.5 Å². The van der Waals surface area contributed by atoms with Gasteiger partial charge in [0.2, 0.25) is 5.82 Å². The van der Waals surface area contributed by atoms with Crippen molar-refractivity contribution in [1.82, 2.24) is 0 Å². The third kappa shape index (κ3) is 5.42. The van der Waals surface area contributed by atoms with E-state index in [-0.39, 0.29) is 42.8 Å². The van der Waals surface area contributed by atoms with Crippen molar-refractivity contribution in [3.8, 4) is 11.5 Å². The summed E-state index contributed by atoms with van der Waals surface area (Å²) in [7, 11) is 0. The van der Waals surface area contributed by atoms with E-state index >= 15 is 0 Å². The first kappa shape index (κ1) is 21.5. The molecule has 2 aromatic rings. The summed E-state index contributed by atoms with van der Waals surface area (Å²) in [6.45, 7) is 4.72. The second kappa shape index (κ2) is 9.98. The van der Waals surface area contributed by atoms with Crippen molar-refractivity contribution >= 4 is 0 Å². The summed E-state index contributed by atoms with van der Waals surface area (Å²) in [5.41, 5.74) is 0.785. The number of hydrogen-bond acceptors (Lipinski definition) is 4. The minimum absolute atomic E-state index is 0.0192. The molecule has 0 amide bonds. The van der Waals surface area contributed by atoms with Crippen molar-refractivity contribution in [3.63, 3.8) is 0 Å². The zero-order valence-electron chi connectivity index (χ0n) is 16.6. The van der Waals surface area contributed by atoms with Gasteiger partial charge in [0.25, 0.3) is 0 Å². The van der Waals surface area contributed by atoms with E-state index < -0.39 is 23.7 Å². The molecule has 1 aliphatic rings. The maximum Gasteiger partial charge on any atom is 0.201 e. The van der Waals surface area contributed by atoms with Gasteiger partial charge in [0.05, 0.1) is 26.4 Å². The fraction of sp³-hybridized carbons (Fsp3) is 0.455. The summed E-state index contributed by atoms with van der Waals surface area (Å²) in [6, 6.07) is 7.51. The van der Waals surface area contributed by atoms with E-state index in [9.17, 15) is 13.2 Å². The van der Waals surface area contributed by atoms with Crippen molar-refractivity contribution in [2.75, 3.05) is 26.4 Å². The Bertz CT molecular complexity index is 820. The zero-order chi connectivity index (χ0) is 20.8. The third-order valence-corrected chi connectivity index (χ3v) is 4.61. The highest BCUT2D eigenvalue weighted by Gasteiger charge is 2.28. The summed E-state index contributed by atoms with van der Waals surface area (Å²) in [6.07, 6.45) is 0.641. The smallest absolute Gasteiger partial charge is 0.201 e. The molecule has 1 fully saturated rings. The standard InChI is InChI=1S/C22H25F3O4/c1-3-4-9-26-19-8-6-16(20(24)21(19)25)22-28-12-15(13-29-22)11-27-18-7-5-14(2)10-17(18)23/h5-8,10,15,22H,3-4,9,11-13H2,1-2H3. The molecule has 0 atom stereocenters. The molecule has 158 valence electrons. The van der Waals surface area contributed by atoms with Crippen LogP contribution in [0.15, 0.2) is 30.3 Å². The molecule has 3 rings (SSSR count). The summed E-state index contributed by atoms with van der Waals surface area (Å²) in [4.78, 5) is 0. The van der Waals surface area contributed by atoms with E-state index in [1.807, 2.05) is 6.92 Å². The molecule has 1 saturated heterocycles. The van der Waals surface area contributed by atoms with Gasteiger partial charge in [0.1, 0.15) is 0 Å². The molecule has 0 radical (unpaired) electrons. The first-order chi connectivity index (χ1) is 14.0. The molecule has 0 bridgehead atoms. The third-order valence-electron chi connectivity index (χ3n) is 4.61. The highest BCUT2D eigenvalue weighted by Crippen LogP contribution is 2.32. The Balaban J connectivity index is 1.54.